The number of halogens is 1. The van der Waals surface area contributed by atoms with Gasteiger partial charge in [-0.3, -0.25) is 24.3 Å². The Labute approximate surface area is 231 Å². The highest BCUT2D eigenvalue weighted by molar-refractivity contribution is 6.02. The average Bonchev–Trinajstić information content (AvgIpc) is 3.26. The second kappa shape index (κ2) is 12.0. The molecule has 2 aromatic carbocycles. The van der Waals surface area contributed by atoms with Gasteiger partial charge in [0, 0.05) is 18.2 Å². The first-order chi connectivity index (χ1) is 19.4. The summed E-state index contributed by atoms with van der Waals surface area (Å²) in [5.41, 5.74) is 8.00. The summed E-state index contributed by atoms with van der Waals surface area (Å²) in [6.45, 7) is 3.24. The summed E-state index contributed by atoms with van der Waals surface area (Å²) in [4.78, 5) is 51.4. The lowest BCUT2D eigenvalue weighted by atomic mass is 10.1. The van der Waals surface area contributed by atoms with Crippen molar-refractivity contribution in [1.82, 2.24) is 15.0 Å². The number of hydrogen-bond donors (Lipinski definition) is 4. The zero-order valence-electron chi connectivity index (χ0n) is 21.9. The third kappa shape index (κ3) is 6.77. The molecule has 1 fully saturated rings. The number of rotatable bonds is 8. The molecule has 1 aliphatic heterocycles. The van der Waals surface area contributed by atoms with Crippen LogP contribution in [-0.2, 0) is 16.0 Å². The Kier molecular flexibility index (Phi) is 8.49. The molecule has 1 saturated heterocycles. The molecule has 0 spiro atoms. The predicted molar refractivity (Wildman–Crippen MR) is 145 cm³/mol. The number of nitrogen functional groups attached to an aromatic ring is 1. The lowest BCUT2D eigenvalue weighted by Gasteiger charge is -2.14. The maximum atomic E-state index is 14.6. The molecule has 0 bridgehead atoms. The van der Waals surface area contributed by atoms with E-state index in [-0.39, 0.29) is 24.1 Å². The second-order valence-corrected chi connectivity index (χ2v) is 9.32. The van der Waals surface area contributed by atoms with Crippen molar-refractivity contribution < 1.29 is 28.7 Å². The summed E-state index contributed by atoms with van der Waals surface area (Å²) in [6, 6.07) is 10.2. The van der Waals surface area contributed by atoms with Crippen LogP contribution in [0.1, 0.15) is 48.0 Å². The van der Waals surface area contributed by atoms with E-state index in [1.54, 1.807) is 38.1 Å². The molecule has 1 aromatic heterocycles. The number of aliphatic hydroxyl groups is 1. The summed E-state index contributed by atoms with van der Waals surface area (Å²) in [5.74, 6) is -2.88. The maximum absolute atomic E-state index is 14.6. The monoisotopic (exact) mass is 567 g/mol. The lowest BCUT2D eigenvalue weighted by molar-refractivity contribution is -0.385. The number of nitrogens with zero attached hydrogens (tertiary/aromatic N) is 4. The molecule has 4 rings (SSSR count). The molecule has 15 heteroatoms. The van der Waals surface area contributed by atoms with Crippen molar-refractivity contribution in [3.8, 4) is 0 Å². The van der Waals surface area contributed by atoms with Gasteiger partial charge in [0.2, 0.25) is 5.91 Å². The van der Waals surface area contributed by atoms with Crippen LogP contribution in [0.2, 0.25) is 0 Å². The normalized spacial score (nSPS) is 18.6. The molecule has 3 aromatic rings. The van der Waals surface area contributed by atoms with Crippen molar-refractivity contribution in [2.75, 3.05) is 11.1 Å². The molecule has 14 nitrogen and oxygen atoms in total. The summed E-state index contributed by atoms with van der Waals surface area (Å²) in [5, 5.41) is 27.3. The number of hydrogen-bond acceptors (Lipinski definition) is 10. The van der Waals surface area contributed by atoms with Gasteiger partial charge in [-0.25, -0.2) is 14.6 Å². The van der Waals surface area contributed by atoms with Gasteiger partial charge in [-0.1, -0.05) is 24.3 Å². The van der Waals surface area contributed by atoms with Crippen LogP contribution in [0.15, 0.2) is 58.6 Å². The van der Waals surface area contributed by atoms with Crippen LogP contribution in [0, 0.1) is 15.9 Å². The Bertz CT molecular complexity index is 1580. The van der Waals surface area contributed by atoms with Crippen molar-refractivity contribution in [2.24, 2.45) is 5.10 Å². The Hall–Kier alpha value is -5.02. The van der Waals surface area contributed by atoms with Gasteiger partial charge in [0.05, 0.1) is 35.5 Å². The number of anilines is 2. The Morgan fingerprint density at radius 2 is 2.00 bits per heavy atom. The first kappa shape index (κ1) is 29.0. The largest absolute Gasteiger partial charge is 0.399 e. The van der Waals surface area contributed by atoms with Gasteiger partial charge in [-0.05, 0) is 37.1 Å². The minimum atomic E-state index is -0.941. The minimum Gasteiger partial charge on any atom is -0.399 e. The van der Waals surface area contributed by atoms with Gasteiger partial charge in [-0.2, -0.15) is 10.1 Å². The molecule has 2 heterocycles. The molecule has 5 N–H and O–H groups in total. The van der Waals surface area contributed by atoms with E-state index in [2.05, 4.69) is 20.8 Å². The van der Waals surface area contributed by atoms with Gasteiger partial charge >= 0.3 is 5.69 Å². The number of carbonyl (C=O) groups is 2. The standard InChI is InChI=1S/C26H26FN7O7/c1-13(31-32-25(37)18-8-7-17(28)10-20(18)34(39)40)16-5-3-15(4-6-16)9-22(36)29-24-19(27)12-33(26(38)30-24)23-11-21(35)14(2)41-23/h3-8,10,12,14,21,23,35H,9,11,28H2,1-2H3,(H,32,37)(H,29,30,36,38)/b31-13+/t14-,21?,23-/m1/s1. The number of amides is 2. The minimum absolute atomic E-state index is 0.103. The third-order valence-electron chi connectivity index (χ3n) is 6.36. The fourth-order valence-electron chi connectivity index (χ4n) is 4.09. The summed E-state index contributed by atoms with van der Waals surface area (Å²) < 4.78 is 21.0. The molecule has 0 aliphatic carbocycles. The Morgan fingerprint density at radius 1 is 1.29 bits per heavy atom. The van der Waals surface area contributed by atoms with Crippen LogP contribution in [0.3, 0.4) is 0 Å². The summed E-state index contributed by atoms with van der Waals surface area (Å²) >= 11 is 0. The van der Waals surface area contributed by atoms with Crippen LogP contribution in [-0.4, -0.2) is 49.3 Å². The number of ether oxygens (including phenoxy) is 1. The van der Waals surface area contributed by atoms with Gasteiger partial charge in [0.15, 0.2) is 11.6 Å². The Morgan fingerprint density at radius 3 is 2.63 bits per heavy atom. The molecular formula is C26H26FN7O7. The molecule has 0 radical (unpaired) electrons. The van der Waals surface area contributed by atoms with Gasteiger partial charge in [0.1, 0.15) is 11.8 Å². The number of nitrogens with one attached hydrogen (secondary N) is 2. The fraction of sp³-hybridized carbons (Fsp3) is 0.269. The van der Waals surface area contributed by atoms with E-state index in [0.29, 0.717) is 16.8 Å². The number of benzene rings is 2. The fourth-order valence-corrected chi connectivity index (χ4v) is 4.09. The second-order valence-electron chi connectivity index (χ2n) is 9.32. The van der Waals surface area contributed by atoms with Crippen LogP contribution < -0.4 is 22.2 Å². The number of aliphatic hydroxyl groups excluding tert-OH is 1. The van der Waals surface area contributed by atoms with Crippen LogP contribution in [0.5, 0.6) is 0 Å². The highest BCUT2D eigenvalue weighted by Gasteiger charge is 2.33. The number of carbonyl (C=O) groups excluding carboxylic acids is 2. The average molecular weight is 568 g/mol. The smallest absolute Gasteiger partial charge is 0.351 e. The van der Waals surface area contributed by atoms with Crippen LogP contribution in [0.4, 0.5) is 21.6 Å². The number of nitrogens with two attached hydrogens (primary N) is 1. The maximum Gasteiger partial charge on any atom is 0.351 e. The van der Waals surface area contributed by atoms with Gasteiger partial charge in [-0.15, -0.1) is 0 Å². The summed E-state index contributed by atoms with van der Waals surface area (Å²) in [6.07, 6.45) is -1.36. The molecule has 214 valence electrons. The molecule has 3 atom stereocenters. The van der Waals surface area contributed by atoms with E-state index in [9.17, 15) is 34.0 Å². The molecule has 1 aliphatic rings. The SMILES string of the molecule is C/C(=N\NC(=O)c1ccc(N)cc1[N+](=O)[O-])c1ccc(CC(=O)Nc2nc(=O)n([C@H]3CC(O)[C@@H](C)O3)cc2F)cc1. The van der Waals surface area contributed by atoms with Crippen molar-refractivity contribution in [3.05, 3.63) is 91.8 Å². The van der Waals surface area contributed by atoms with E-state index in [1.807, 2.05) is 0 Å². The van der Waals surface area contributed by atoms with Crippen LogP contribution in [0.25, 0.3) is 0 Å². The number of nitro benzene ring substituents is 1. The van der Waals surface area contributed by atoms with Crippen molar-refractivity contribution in [1.29, 1.82) is 0 Å². The highest BCUT2D eigenvalue weighted by atomic mass is 19.1. The molecule has 41 heavy (non-hydrogen) atoms. The highest BCUT2D eigenvalue weighted by Crippen LogP contribution is 2.27. The van der Waals surface area contributed by atoms with Crippen LogP contribution >= 0.6 is 0 Å². The summed E-state index contributed by atoms with van der Waals surface area (Å²) in [7, 11) is 0. The quantitative estimate of drug-likeness (QED) is 0.136. The van der Waals surface area contributed by atoms with Gasteiger partial charge in [0.25, 0.3) is 11.6 Å². The van der Waals surface area contributed by atoms with E-state index in [4.69, 9.17) is 10.5 Å². The van der Waals surface area contributed by atoms with Crippen molar-refractivity contribution in [2.45, 2.75) is 45.1 Å². The first-order valence-electron chi connectivity index (χ1n) is 12.3. The predicted octanol–water partition coefficient (Wildman–Crippen LogP) is 1.88. The molecular weight excluding hydrogens is 541 g/mol. The van der Waals surface area contributed by atoms with Gasteiger partial charge < -0.3 is 20.9 Å². The molecule has 1 unspecified atom stereocenters. The number of hydrazone groups is 1. The third-order valence-corrected chi connectivity index (χ3v) is 6.36. The van der Waals surface area contributed by atoms with E-state index in [0.717, 1.165) is 16.8 Å². The first-order valence-corrected chi connectivity index (χ1v) is 12.3. The number of aromatic nitrogens is 2. The van der Waals surface area contributed by atoms with E-state index >= 15 is 0 Å². The zero-order chi connectivity index (χ0) is 29.8. The molecule has 2 amide bonds. The Balaban J connectivity index is 1.37. The lowest BCUT2D eigenvalue weighted by Crippen LogP contribution is -2.29. The van der Waals surface area contributed by atoms with Crippen molar-refractivity contribution in [3.63, 3.8) is 0 Å². The van der Waals surface area contributed by atoms with E-state index < -0.39 is 58.2 Å². The molecule has 0 saturated carbocycles. The van der Waals surface area contributed by atoms with Crippen molar-refractivity contribution >= 4 is 34.7 Å². The topological polar surface area (TPSA) is 204 Å². The van der Waals surface area contributed by atoms with E-state index in [1.165, 1.54) is 12.1 Å². The zero-order valence-corrected chi connectivity index (χ0v) is 21.9. The number of nitro groups is 1.